The van der Waals surface area contributed by atoms with E-state index in [2.05, 4.69) is 25.0 Å². The molecule has 0 aliphatic heterocycles. The van der Waals surface area contributed by atoms with Crippen LogP contribution in [0.5, 0.6) is 11.8 Å². The van der Waals surface area contributed by atoms with Crippen LogP contribution in [0, 0.1) is 0 Å². The molecule has 12 nitrogen and oxygen atoms in total. The number of carbonyl (C=O) groups excluding carboxylic acids is 2. The van der Waals surface area contributed by atoms with Crippen LogP contribution in [-0.2, 0) is 14.8 Å². The molecule has 0 saturated heterocycles. The Kier molecular flexibility index (Phi) is 5.51. The Morgan fingerprint density at radius 1 is 1.23 bits per heavy atom. The number of hydrogen-bond donors (Lipinski definition) is 3. The van der Waals surface area contributed by atoms with Crippen LogP contribution in [0.25, 0.3) is 0 Å². The zero-order chi connectivity index (χ0) is 19.3. The Balaban J connectivity index is 2.53. The van der Waals surface area contributed by atoms with Gasteiger partial charge in [0.05, 0.1) is 31.5 Å². The molecule has 26 heavy (non-hydrogen) atoms. The van der Waals surface area contributed by atoms with Gasteiger partial charge in [-0.1, -0.05) is 0 Å². The van der Waals surface area contributed by atoms with E-state index in [1.54, 1.807) is 0 Å². The second-order valence-electron chi connectivity index (χ2n) is 4.55. The monoisotopic (exact) mass is 382 g/mol. The lowest BCUT2D eigenvalue weighted by Crippen LogP contribution is -2.22. The minimum Gasteiger partial charge on any atom is -0.481 e. The summed E-state index contributed by atoms with van der Waals surface area (Å²) in [6.07, 6.45) is 1.24. The van der Waals surface area contributed by atoms with Crippen LogP contribution < -0.4 is 25.2 Å². The molecule has 0 spiro atoms. The zero-order valence-corrected chi connectivity index (χ0v) is 14.4. The van der Waals surface area contributed by atoms with Crippen LogP contribution in [0.4, 0.5) is 11.6 Å². The fraction of sp³-hybridized carbons (Fsp3) is 0.154. The van der Waals surface area contributed by atoms with Crippen molar-refractivity contribution >= 4 is 34.0 Å². The SMILES string of the molecule is COc1cc(OC)nc(NS(=O)(=O)c2nccc(C(N)=O)c2NC=O)n1. The van der Waals surface area contributed by atoms with Crippen molar-refractivity contribution in [2.45, 2.75) is 5.03 Å². The predicted molar refractivity (Wildman–Crippen MR) is 88.4 cm³/mol. The molecule has 0 radical (unpaired) electrons. The van der Waals surface area contributed by atoms with E-state index < -0.39 is 21.0 Å². The van der Waals surface area contributed by atoms with Gasteiger partial charge in [0.25, 0.3) is 15.9 Å². The molecular formula is C13H14N6O6S. The number of methoxy groups -OCH3 is 2. The van der Waals surface area contributed by atoms with Crippen molar-refractivity contribution in [2.75, 3.05) is 24.3 Å². The number of sulfonamides is 1. The molecule has 13 heteroatoms. The highest BCUT2D eigenvalue weighted by Gasteiger charge is 2.26. The summed E-state index contributed by atoms with van der Waals surface area (Å²) in [5, 5.41) is 1.46. The van der Waals surface area contributed by atoms with Gasteiger partial charge in [-0.15, -0.1) is 0 Å². The summed E-state index contributed by atoms with van der Waals surface area (Å²) < 4.78 is 37.2. The third kappa shape index (κ3) is 3.94. The van der Waals surface area contributed by atoms with E-state index >= 15 is 0 Å². The normalized spacial score (nSPS) is 10.7. The number of pyridine rings is 1. The molecule has 0 fully saturated rings. The zero-order valence-electron chi connectivity index (χ0n) is 13.6. The Hall–Kier alpha value is -3.48. The van der Waals surface area contributed by atoms with Crippen LogP contribution in [0.1, 0.15) is 10.4 Å². The number of rotatable bonds is 8. The molecule has 2 aromatic rings. The van der Waals surface area contributed by atoms with Crippen LogP contribution >= 0.6 is 0 Å². The molecule has 0 aromatic carbocycles. The first-order valence-electron chi connectivity index (χ1n) is 6.81. The predicted octanol–water partition coefficient (Wildman–Crippen LogP) is -0.643. The number of carbonyl (C=O) groups is 2. The Bertz CT molecular complexity index is 926. The molecule has 0 atom stereocenters. The smallest absolute Gasteiger partial charge is 0.283 e. The first-order chi connectivity index (χ1) is 12.3. The Labute approximate surface area is 147 Å². The Morgan fingerprint density at radius 2 is 1.85 bits per heavy atom. The fourth-order valence-electron chi connectivity index (χ4n) is 1.88. The van der Waals surface area contributed by atoms with Crippen molar-refractivity contribution in [3.8, 4) is 11.8 Å². The van der Waals surface area contributed by atoms with E-state index in [1.165, 1.54) is 20.3 Å². The topological polar surface area (TPSA) is 175 Å². The van der Waals surface area contributed by atoms with Gasteiger partial charge in [0.15, 0.2) is 0 Å². The van der Waals surface area contributed by atoms with Gasteiger partial charge >= 0.3 is 0 Å². The summed E-state index contributed by atoms with van der Waals surface area (Å²) in [5.41, 5.74) is 4.57. The summed E-state index contributed by atoms with van der Waals surface area (Å²) in [6, 6.07) is 2.50. The molecule has 2 amide bonds. The van der Waals surface area contributed by atoms with Crippen molar-refractivity contribution in [1.29, 1.82) is 0 Å². The standard InChI is InChI=1S/C13H14N6O6S/c1-24-8-5-9(25-2)18-13(17-8)19-26(22,23)12-10(16-6-20)7(11(14)21)3-4-15-12/h3-6H,1-2H3,(H2,14,21)(H,16,20)(H,17,18,19). The highest BCUT2D eigenvalue weighted by molar-refractivity contribution is 7.92. The maximum absolute atomic E-state index is 12.6. The largest absolute Gasteiger partial charge is 0.481 e. The quantitative estimate of drug-likeness (QED) is 0.501. The molecule has 138 valence electrons. The first kappa shape index (κ1) is 18.9. The van der Waals surface area contributed by atoms with Crippen LogP contribution in [0.2, 0.25) is 0 Å². The highest BCUT2D eigenvalue weighted by Crippen LogP contribution is 2.25. The molecule has 0 unspecified atom stereocenters. The van der Waals surface area contributed by atoms with Gasteiger partial charge in [0, 0.05) is 6.20 Å². The number of nitrogens with two attached hydrogens (primary N) is 1. The van der Waals surface area contributed by atoms with E-state index in [4.69, 9.17) is 15.2 Å². The third-order valence-corrected chi connectivity index (χ3v) is 4.23. The molecule has 0 aliphatic carbocycles. The van der Waals surface area contributed by atoms with Gasteiger partial charge in [0.1, 0.15) is 0 Å². The number of primary amides is 1. The second-order valence-corrected chi connectivity index (χ2v) is 6.14. The average Bonchev–Trinajstić information content (AvgIpc) is 2.61. The van der Waals surface area contributed by atoms with Crippen molar-refractivity contribution in [3.63, 3.8) is 0 Å². The molecule has 2 rings (SSSR count). The van der Waals surface area contributed by atoms with Crippen molar-refractivity contribution < 1.29 is 27.5 Å². The summed E-state index contributed by atoms with van der Waals surface area (Å²) >= 11 is 0. The maximum Gasteiger partial charge on any atom is 0.283 e. The molecule has 4 N–H and O–H groups in total. The summed E-state index contributed by atoms with van der Waals surface area (Å²) in [7, 11) is -1.75. The minimum atomic E-state index is -4.40. The van der Waals surface area contributed by atoms with Crippen LogP contribution in [-0.4, -0.2) is 49.9 Å². The van der Waals surface area contributed by atoms with E-state index in [0.717, 1.165) is 12.3 Å². The van der Waals surface area contributed by atoms with E-state index in [1.807, 2.05) is 0 Å². The number of anilines is 2. The van der Waals surface area contributed by atoms with Gasteiger partial charge in [-0.2, -0.15) is 18.4 Å². The summed E-state index contributed by atoms with van der Waals surface area (Å²) in [4.78, 5) is 33.6. The van der Waals surface area contributed by atoms with Gasteiger partial charge in [-0.3, -0.25) is 9.59 Å². The van der Waals surface area contributed by atoms with E-state index in [0.29, 0.717) is 0 Å². The number of nitrogens with zero attached hydrogens (tertiary/aromatic N) is 3. The molecular weight excluding hydrogens is 368 g/mol. The number of aromatic nitrogens is 3. The number of hydrogen-bond acceptors (Lipinski definition) is 9. The van der Waals surface area contributed by atoms with Gasteiger partial charge in [-0.05, 0) is 6.07 Å². The maximum atomic E-state index is 12.6. The molecule has 2 heterocycles. The fourth-order valence-corrected chi connectivity index (χ4v) is 2.94. The van der Waals surface area contributed by atoms with Crippen molar-refractivity contribution in [3.05, 3.63) is 23.9 Å². The molecule has 0 saturated carbocycles. The lowest BCUT2D eigenvalue weighted by molar-refractivity contribution is -0.105. The summed E-state index contributed by atoms with van der Waals surface area (Å²) in [5.74, 6) is -1.24. The third-order valence-electron chi connectivity index (χ3n) is 2.96. The average molecular weight is 382 g/mol. The van der Waals surface area contributed by atoms with Gasteiger partial charge < -0.3 is 20.5 Å². The number of nitrogens with one attached hydrogen (secondary N) is 2. The summed E-state index contributed by atoms with van der Waals surface area (Å²) in [6.45, 7) is 0. The minimum absolute atomic E-state index is 0.0413. The lowest BCUT2D eigenvalue weighted by atomic mass is 10.2. The van der Waals surface area contributed by atoms with E-state index in [9.17, 15) is 18.0 Å². The Morgan fingerprint density at radius 3 is 2.35 bits per heavy atom. The second kappa shape index (κ2) is 7.60. The number of amides is 2. The molecule has 0 aliphatic rings. The van der Waals surface area contributed by atoms with Gasteiger partial charge in [-0.25, -0.2) is 9.71 Å². The molecule has 2 aromatic heterocycles. The molecule has 0 bridgehead atoms. The van der Waals surface area contributed by atoms with Crippen LogP contribution in [0.15, 0.2) is 23.4 Å². The number of ether oxygens (including phenoxy) is 2. The van der Waals surface area contributed by atoms with Crippen molar-refractivity contribution in [2.24, 2.45) is 5.73 Å². The van der Waals surface area contributed by atoms with Gasteiger partial charge in [0.2, 0.25) is 29.1 Å². The van der Waals surface area contributed by atoms with E-state index in [-0.39, 0.29) is 35.4 Å². The lowest BCUT2D eigenvalue weighted by Gasteiger charge is -2.12. The highest BCUT2D eigenvalue weighted by atomic mass is 32.2. The first-order valence-corrected chi connectivity index (χ1v) is 8.29. The van der Waals surface area contributed by atoms with Crippen molar-refractivity contribution in [1.82, 2.24) is 15.0 Å². The van der Waals surface area contributed by atoms with Crippen LogP contribution in [0.3, 0.4) is 0 Å².